The zero-order valence-electron chi connectivity index (χ0n) is 14.0. The number of esters is 1. The van der Waals surface area contributed by atoms with Gasteiger partial charge in [0.1, 0.15) is 5.54 Å². The third-order valence-electron chi connectivity index (χ3n) is 3.61. The molecule has 0 spiro atoms. The van der Waals surface area contributed by atoms with Crippen molar-refractivity contribution < 1.29 is 14.3 Å². The van der Waals surface area contributed by atoms with Crippen molar-refractivity contribution in [2.45, 2.75) is 52.1 Å². The van der Waals surface area contributed by atoms with Gasteiger partial charge in [-0.2, -0.15) is 0 Å². The first-order valence-corrected chi connectivity index (χ1v) is 7.52. The predicted molar refractivity (Wildman–Crippen MR) is 81.9 cm³/mol. The fraction of sp³-hybridized carbons (Fsp3) is 0.933. The second-order valence-electron chi connectivity index (χ2n) is 5.46. The van der Waals surface area contributed by atoms with E-state index in [2.05, 4.69) is 24.2 Å². The lowest BCUT2D eigenvalue weighted by atomic mass is 9.92. The molecule has 0 aliphatic rings. The van der Waals surface area contributed by atoms with Crippen LogP contribution in [-0.4, -0.2) is 62.9 Å². The summed E-state index contributed by atoms with van der Waals surface area (Å²) in [5.41, 5.74) is -0.625. The van der Waals surface area contributed by atoms with E-state index in [1.807, 2.05) is 20.8 Å². The molecule has 2 atom stereocenters. The Labute approximate surface area is 124 Å². The molecular weight excluding hydrogens is 256 g/mol. The fourth-order valence-electron chi connectivity index (χ4n) is 2.33. The highest BCUT2D eigenvalue weighted by molar-refractivity contribution is 5.80. The number of methoxy groups -OCH3 is 1. The quantitative estimate of drug-likeness (QED) is 0.463. The second-order valence-corrected chi connectivity index (χ2v) is 5.46. The van der Waals surface area contributed by atoms with E-state index < -0.39 is 5.54 Å². The molecule has 0 amide bonds. The van der Waals surface area contributed by atoms with E-state index in [0.717, 1.165) is 32.5 Å². The Balaban J connectivity index is 4.52. The molecule has 0 aromatic carbocycles. The summed E-state index contributed by atoms with van der Waals surface area (Å²) in [7, 11) is 3.80. The number of rotatable bonds is 11. The molecule has 2 unspecified atom stereocenters. The average Bonchev–Trinajstić information content (AvgIpc) is 2.39. The van der Waals surface area contributed by atoms with Crippen LogP contribution < -0.4 is 5.32 Å². The molecule has 0 aliphatic heterocycles. The van der Waals surface area contributed by atoms with Crippen molar-refractivity contribution in [1.29, 1.82) is 0 Å². The first-order valence-electron chi connectivity index (χ1n) is 7.52. The summed E-state index contributed by atoms with van der Waals surface area (Å²) in [4.78, 5) is 14.4. The smallest absolute Gasteiger partial charge is 0.326 e. The molecule has 0 radical (unpaired) electrons. The number of hydrogen-bond acceptors (Lipinski definition) is 5. The molecule has 0 fully saturated rings. The first-order chi connectivity index (χ1) is 9.41. The Hall–Kier alpha value is -0.650. The minimum absolute atomic E-state index is 0.168. The van der Waals surface area contributed by atoms with Gasteiger partial charge in [-0.15, -0.1) is 0 Å². The van der Waals surface area contributed by atoms with Crippen LogP contribution in [0.4, 0.5) is 0 Å². The van der Waals surface area contributed by atoms with Crippen molar-refractivity contribution in [3.8, 4) is 0 Å². The molecule has 0 saturated carbocycles. The molecule has 0 bridgehead atoms. The van der Waals surface area contributed by atoms with Crippen molar-refractivity contribution in [3.63, 3.8) is 0 Å². The summed E-state index contributed by atoms with van der Waals surface area (Å²) >= 11 is 0. The molecule has 0 heterocycles. The van der Waals surface area contributed by atoms with Crippen molar-refractivity contribution in [2.75, 3.05) is 40.5 Å². The molecule has 120 valence electrons. The Morgan fingerprint density at radius 2 is 2.05 bits per heavy atom. The number of nitrogens with one attached hydrogen (secondary N) is 1. The normalized spacial score (nSPS) is 15.9. The van der Waals surface area contributed by atoms with E-state index >= 15 is 0 Å². The number of likely N-dealkylation sites (N-methyl/N-ethyl adjacent to an activating group) is 1. The van der Waals surface area contributed by atoms with E-state index in [0.29, 0.717) is 12.6 Å². The van der Waals surface area contributed by atoms with Crippen LogP contribution in [0.2, 0.25) is 0 Å². The Morgan fingerprint density at radius 1 is 1.40 bits per heavy atom. The number of carbonyl (C=O) groups excluding carboxylic acids is 1. The lowest BCUT2D eigenvalue weighted by Gasteiger charge is -2.34. The van der Waals surface area contributed by atoms with Crippen LogP contribution in [0.1, 0.15) is 40.5 Å². The van der Waals surface area contributed by atoms with Crippen molar-refractivity contribution in [1.82, 2.24) is 10.2 Å². The standard InChI is InChI=1S/C15H32N2O3/c1-7-16-15(4,14(18)20-8-2)12-13(3)17(5)10-9-11-19-6/h13,16H,7-12H2,1-6H3. The molecule has 0 rings (SSSR count). The van der Waals surface area contributed by atoms with Gasteiger partial charge in [-0.1, -0.05) is 6.92 Å². The van der Waals surface area contributed by atoms with Crippen LogP contribution in [0.5, 0.6) is 0 Å². The highest BCUT2D eigenvalue weighted by atomic mass is 16.5. The van der Waals surface area contributed by atoms with E-state index in [1.54, 1.807) is 7.11 Å². The maximum absolute atomic E-state index is 12.2. The molecule has 0 aromatic heterocycles. The summed E-state index contributed by atoms with van der Waals surface area (Å²) in [6.07, 6.45) is 1.72. The number of ether oxygens (including phenoxy) is 2. The molecule has 20 heavy (non-hydrogen) atoms. The van der Waals surface area contributed by atoms with Crippen LogP contribution in [0.25, 0.3) is 0 Å². The molecule has 5 heteroatoms. The predicted octanol–water partition coefficient (Wildman–Crippen LogP) is 1.66. The van der Waals surface area contributed by atoms with Crippen molar-refractivity contribution >= 4 is 5.97 Å². The second kappa shape index (κ2) is 10.1. The van der Waals surface area contributed by atoms with Crippen LogP contribution >= 0.6 is 0 Å². The summed E-state index contributed by atoms with van der Waals surface area (Å²) in [6, 6.07) is 0.292. The lowest BCUT2D eigenvalue weighted by Crippen LogP contribution is -2.54. The first kappa shape index (κ1) is 19.4. The van der Waals surface area contributed by atoms with Crippen LogP contribution in [0.15, 0.2) is 0 Å². The van der Waals surface area contributed by atoms with Gasteiger partial charge < -0.3 is 19.7 Å². The summed E-state index contributed by atoms with van der Waals surface area (Å²) < 4.78 is 10.3. The maximum Gasteiger partial charge on any atom is 0.326 e. The van der Waals surface area contributed by atoms with Gasteiger partial charge >= 0.3 is 5.97 Å². The van der Waals surface area contributed by atoms with E-state index in [4.69, 9.17) is 9.47 Å². The minimum Gasteiger partial charge on any atom is -0.465 e. The van der Waals surface area contributed by atoms with Crippen molar-refractivity contribution in [3.05, 3.63) is 0 Å². The number of hydrogen-bond donors (Lipinski definition) is 1. The zero-order chi connectivity index (χ0) is 15.6. The highest BCUT2D eigenvalue weighted by Gasteiger charge is 2.36. The monoisotopic (exact) mass is 288 g/mol. The van der Waals surface area contributed by atoms with Crippen LogP contribution in [0, 0.1) is 0 Å². The molecule has 0 saturated heterocycles. The summed E-state index contributed by atoms with van der Waals surface area (Å²) in [5, 5.41) is 3.27. The van der Waals surface area contributed by atoms with Gasteiger partial charge in [0.15, 0.2) is 0 Å². The fourth-order valence-corrected chi connectivity index (χ4v) is 2.33. The Bertz CT molecular complexity index is 274. The highest BCUT2D eigenvalue weighted by Crippen LogP contribution is 2.18. The van der Waals surface area contributed by atoms with E-state index in [1.165, 1.54) is 0 Å². The Kier molecular flexibility index (Phi) is 9.80. The van der Waals surface area contributed by atoms with Gasteiger partial charge in [0.05, 0.1) is 6.61 Å². The van der Waals surface area contributed by atoms with Crippen molar-refractivity contribution in [2.24, 2.45) is 0 Å². The van der Waals surface area contributed by atoms with Gasteiger partial charge in [0, 0.05) is 26.3 Å². The molecule has 0 aromatic rings. The third-order valence-corrected chi connectivity index (χ3v) is 3.61. The van der Waals surface area contributed by atoms with Gasteiger partial charge in [0.25, 0.3) is 0 Å². The van der Waals surface area contributed by atoms with E-state index in [-0.39, 0.29) is 5.97 Å². The Morgan fingerprint density at radius 3 is 2.55 bits per heavy atom. The van der Waals surface area contributed by atoms with Gasteiger partial charge in [-0.3, -0.25) is 4.79 Å². The topological polar surface area (TPSA) is 50.8 Å². The van der Waals surface area contributed by atoms with Gasteiger partial charge in [0.2, 0.25) is 0 Å². The summed E-state index contributed by atoms with van der Waals surface area (Å²) in [5.74, 6) is -0.168. The van der Waals surface area contributed by atoms with Crippen LogP contribution in [-0.2, 0) is 14.3 Å². The third kappa shape index (κ3) is 6.68. The molecule has 5 nitrogen and oxygen atoms in total. The molecule has 1 N–H and O–H groups in total. The van der Waals surface area contributed by atoms with Gasteiger partial charge in [-0.05, 0) is 47.2 Å². The molecular formula is C15H32N2O3. The summed E-state index contributed by atoms with van der Waals surface area (Å²) in [6.45, 7) is 10.8. The van der Waals surface area contributed by atoms with E-state index in [9.17, 15) is 4.79 Å². The van der Waals surface area contributed by atoms with Crippen LogP contribution in [0.3, 0.4) is 0 Å². The zero-order valence-corrected chi connectivity index (χ0v) is 14.0. The maximum atomic E-state index is 12.2. The molecule has 0 aliphatic carbocycles. The van der Waals surface area contributed by atoms with Gasteiger partial charge in [-0.25, -0.2) is 0 Å². The number of nitrogens with zero attached hydrogens (tertiary/aromatic N) is 1. The SMILES string of the molecule is CCNC(C)(CC(C)N(C)CCCOC)C(=O)OCC. The number of carbonyl (C=O) groups is 1. The largest absolute Gasteiger partial charge is 0.465 e. The minimum atomic E-state index is -0.625. The lowest BCUT2D eigenvalue weighted by molar-refractivity contribution is -0.151. The average molecular weight is 288 g/mol.